The van der Waals surface area contributed by atoms with Crippen molar-refractivity contribution in [1.29, 1.82) is 0 Å². The second-order valence-corrected chi connectivity index (χ2v) is 8.88. The molecular weight excluding hydrogens is 294 g/mol. The molecular formula is C22H31NO. The van der Waals surface area contributed by atoms with E-state index in [1.54, 1.807) is 0 Å². The minimum atomic E-state index is -0.0115. The van der Waals surface area contributed by atoms with Gasteiger partial charge in [0.25, 0.3) is 0 Å². The Bertz CT molecular complexity index is 558. The van der Waals surface area contributed by atoms with Crippen LogP contribution in [0.2, 0.25) is 0 Å². The van der Waals surface area contributed by atoms with Gasteiger partial charge in [-0.05, 0) is 80.6 Å². The highest BCUT2D eigenvalue weighted by Crippen LogP contribution is 2.61. The summed E-state index contributed by atoms with van der Waals surface area (Å²) < 4.78 is 0. The van der Waals surface area contributed by atoms with Crippen molar-refractivity contribution in [3.05, 3.63) is 35.9 Å². The Morgan fingerprint density at radius 2 is 1.62 bits per heavy atom. The number of benzene rings is 1. The van der Waals surface area contributed by atoms with Crippen LogP contribution >= 0.6 is 0 Å². The average molecular weight is 325 g/mol. The summed E-state index contributed by atoms with van der Waals surface area (Å²) in [5.74, 6) is 3.03. The summed E-state index contributed by atoms with van der Waals surface area (Å²) in [5.41, 5.74) is 1.54. The van der Waals surface area contributed by atoms with Gasteiger partial charge in [0, 0.05) is 6.04 Å². The highest BCUT2D eigenvalue weighted by molar-refractivity contribution is 5.83. The van der Waals surface area contributed by atoms with Gasteiger partial charge in [-0.1, -0.05) is 37.3 Å². The van der Waals surface area contributed by atoms with Gasteiger partial charge in [0.2, 0.25) is 5.91 Å². The van der Waals surface area contributed by atoms with E-state index >= 15 is 0 Å². The predicted molar refractivity (Wildman–Crippen MR) is 97.7 cm³/mol. The molecule has 1 N–H and O–H groups in total. The van der Waals surface area contributed by atoms with Crippen molar-refractivity contribution < 1.29 is 4.79 Å². The van der Waals surface area contributed by atoms with E-state index in [0.29, 0.717) is 11.5 Å². The van der Waals surface area contributed by atoms with E-state index < -0.39 is 0 Å². The lowest BCUT2D eigenvalue weighted by Gasteiger charge is -2.59. The number of carbonyl (C=O) groups excluding carboxylic acids is 1. The Kier molecular flexibility index (Phi) is 4.18. The van der Waals surface area contributed by atoms with Crippen molar-refractivity contribution in [1.82, 2.24) is 5.32 Å². The third-order valence-corrected chi connectivity index (χ3v) is 7.29. The third-order valence-electron chi connectivity index (χ3n) is 7.29. The van der Waals surface area contributed by atoms with Gasteiger partial charge in [0.15, 0.2) is 0 Å². The number of nitrogens with one attached hydrogen (secondary N) is 1. The van der Waals surface area contributed by atoms with E-state index in [4.69, 9.17) is 0 Å². The summed E-state index contributed by atoms with van der Waals surface area (Å²) in [6, 6.07) is 10.6. The minimum absolute atomic E-state index is 0.0115. The van der Waals surface area contributed by atoms with E-state index in [2.05, 4.69) is 31.3 Å². The zero-order valence-electron chi connectivity index (χ0n) is 15.1. The van der Waals surface area contributed by atoms with Crippen LogP contribution in [0.3, 0.4) is 0 Å². The molecule has 0 saturated heterocycles. The van der Waals surface area contributed by atoms with Crippen molar-refractivity contribution >= 4 is 5.91 Å². The normalized spacial score (nSPS) is 36.3. The number of carbonyl (C=O) groups is 1. The fourth-order valence-electron chi connectivity index (χ4n) is 6.43. The van der Waals surface area contributed by atoms with Crippen LogP contribution in [-0.4, -0.2) is 11.9 Å². The monoisotopic (exact) mass is 325 g/mol. The molecule has 24 heavy (non-hydrogen) atoms. The lowest BCUT2D eigenvalue weighted by Crippen LogP contribution is -2.56. The molecule has 4 aliphatic rings. The molecule has 4 aliphatic carbocycles. The number of hydrogen-bond acceptors (Lipinski definition) is 1. The molecule has 0 aliphatic heterocycles. The predicted octanol–water partition coefficient (Wildman–Crippen LogP) is 4.90. The second kappa shape index (κ2) is 6.20. The molecule has 2 unspecified atom stereocenters. The summed E-state index contributed by atoms with van der Waals surface area (Å²) in [4.78, 5) is 13.0. The van der Waals surface area contributed by atoms with Gasteiger partial charge >= 0.3 is 0 Å². The molecule has 1 amide bonds. The molecule has 0 heterocycles. The molecule has 2 atom stereocenters. The Labute approximate surface area is 146 Å². The van der Waals surface area contributed by atoms with Crippen molar-refractivity contribution in [3.63, 3.8) is 0 Å². The fraction of sp³-hybridized carbons (Fsp3) is 0.682. The lowest BCUT2D eigenvalue weighted by molar-refractivity contribution is -0.127. The summed E-state index contributed by atoms with van der Waals surface area (Å²) in [6.07, 6.45) is 9.29. The first kappa shape index (κ1) is 16.2. The maximum absolute atomic E-state index is 13.0. The molecule has 130 valence electrons. The summed E-state index contributed by atoms with van der Waals surface area (Å²) in [5, 5.41) is 3.45. The lowest BCUT2D eigenvalue weighted by atomic mass is 9.48. The Morgan fingerprint density at radius 1 is 1.08 bits per heavy atom. The highest BCUT2D eigenvalue weighted by Gasteiger charge is 2.53. The first-order valence-electron chi connectivity index (χ1n) is 9.95. The number of amides is 1. The summed E-state index contributed by atoms with van der Waals surface area (Å²) in [7, 11) is 0. The minimum Gasteiger partial charge on any atom is -0.353 e. The molecule has 1 aromatic rings. The molecule has 1 aromatic carbocycles. The smallest absolute Gasteiger partial charge is 0.227 e. The first-order chi connectivity index (χ1) is 11.6. The van der Waals surface area contributed by atoms with E-state index in [1.807, 2.05) is 18.2 Å². The van der Waals surface area contributed by atoms with Gasteiger partial charge in [-0.3, -0.25) is 4.79 Å². The molecule has 5 rings (SSSR count). The number of rotatable bonds is 5. The van der Waals surface area contributed by atoms with Crippen LogP contribution < -0.4 is 5.32 Å². The first-order valence-corrected chi connectivity index (χ1v) is 9.95. The SMILES string of the molecule is CCC(C(=O)NC(C)C12CC3CC(CC(C3)C1)C2)c1ccccc1. The van der Waals surface area contributed by atoms with E-state index in [-0.39, 0.29) is 11.8 Å². The third kappa shape index (κ3) is 2.78. The van der Waals surface area contributed by atoms with Gasteiger partial charge in [-0.15, -0.1) is 0 Å². The standard InChI is InChI=1S/C22H31NO/c1-3-20(19-7-5-4-6-8-19)21(24)23-15(2)22-12-16-9-17(13-22)11-18(10-16)14-22/h4-8,15-18,20H,3,9-14H2,1-2H3,(H,23,24). The molecule has 2 heteroatoms. The molecule has 0 spiro atoms. The fourth-order valence-corrected chi connectivity index (χ4v) is 6.43. The van der Waals surface area contributed by atoms with Gasteiger partial charge in [-0.25, -0.2) is 0 Å². The van der Waals surface area contributed by atoms with E-state index in [1.165, 1.54) is 38.5 Å². The zero-order valence-corrected chi connectivity index (χ0v) is 15.1. The van der Waals surface area contributed by atoms with Crippen LogP contribution in [0.15, 0.2) is 30.3 Å². The molecule has 4 fully saturated rings. The molecule has 0 radical (unpaired) electrons. The highest BCUT2D eigenvalue weighted by atomic mass is 16.1. The van der Waals surface area contributed by atoms with E-state index in [0.717, 1.165) is 29.7 Å². The quantitative estimate of drug-likeness (QED) is 0.819. The summed E-state index contributed by atoms with van der Waals surface area (Å²) in [6.45, 7) is 4.40. The van der Waals surface area contributed by atoms with Gasteiger partial charge in [0.1, 0.15) is 0 Å². The van der Waals surface area contributed by atoms with Crippen LogP contribution in [0.4, 0.5) is 0 Å². The molecule has 4 bridgehead atoms. The number of hydrogen-bond donors (Lipinski definition) is 1. The zero-order chi connectivity index (χ0) is 16.7. The van der Waals surface area contributed by atoms with Crippen LogP contribution in [-0.2, 0) is 4.79 Å². The topological polar surface area (TPSA) is 29.1 Å². The average Bonchev–Trinajstić information content (AvgIpc) is 2.55. The van der Waals surface area contributed by atoms with Crippen LogP contribution in [0.25, 0.3) is 0 Å². The maximum Gasteiger partial charge on any atom is 0.227 e. The van der Waals surface area contributed by atoms with Gasteiger partial charge in [-0.2, -0.15) is 0 Å². The Morgan fingerprint density at radius 3 is 2.12 bits per heavy atom. The van der Waals surface area contributed by atoms with Crippen molar-refractivity contribution in [2.75, 3.05) is 0 Å². The molecule has 0 aromatic heterocycles. The van der Waals surface area contributed by atoms with Crippen molar-refractivity contribution in [2.24, 2.45) is 23.2 Å². The van der Waals surface area contributed by atoms with Crippen LogP contribution in [0, 0.1) is 23.2 Å². The summed E-state index contributed by atoms with van der Waals surface area (Å²) >= 11 is 0. The molecule has 4 saturated carbocycles. The van der Waals surface area contributed by atoms with Crippen molar-refractivity contribution in [3.8, 4) is 0 Å². The van der Waals surface area contributed by atoms with Gasteiger partial charge in [0.05, 0.1) is 5.92 Å². The Balaban J connectivity index is 1.47. The molecule has 2 nitrogen and oxygen atoms in total. The van der Waals surface area contributed by atoms with Crippen LogP contribution in [0.5, 0.6) is 0 Å². The van der Waals surface area contributed by atoms with Crippen LogP contribution in [0.1, 0.15) is 70.3 Å². The largest absolute Gasteiger partial charge is 0.353 e. The second-order valence-electron chi connectivity index (χ2n) is 8.88. The maximum atomic E-state index is 13.0. The van der Waals surface area contributed by atoms with E-state index in [9.17, 15) is 4.79 Å². The van der Waals surface area contributed by atoms with Crippen molar-refractivity contribution in [2.45, 2.75) is 70.8 Å². The Hall–Kier alpha value is -1.31. The van der Waals surface area contributed by atoms with Gasteiger partial charge < -0.3 is 5.32 Å².